The molecule has 0 aliphatic carbocycles. The van der Waals surface area contributed by atoms with E-state index in [1.807, 2.05) is 13.8 Å². The van der Waals surface area contributed by atoms with Gasteiger partial charge in [0, 0.05) is 44.9 Å². The number of carbonyl (C=O) groups excluding carboxylic acids is 1. The van der Waals surface area contributed by atoms with Gasteiger partial charge in [0.2, 0.25) is 0 Å². The molecule has 6 nitrogen and oxygen atoms in total. The molecular formula is C21H21F2N3O3S. The number of hydrogen-bond acceptors (Lipinski definition) is 4. The highest BCUT2D eigenvalue weighted by atomic mass is 32.2. The largest absolute Gasteiger partial charge is 0.435 e. The number of benzene rings is 2. The molecule has 30 heavy (non-hydrogen) atoms. The minimum Gasteiger partial charge on any atom is -0.435 e. The Morgan fingerprint density at radius 1 is 1.30 bits per heavy atom. The Bertz CT molecular complexity index is 1150. The van der Waals surface area contributed by atoms with Crippen LogP contribution in [0.15, 0.2) is 42.5 Å². The van der Waals surface area contributed by atoms with Crippen molar-refractivity contribution in [3.8, 4) is 11.4 Å². The maximum Gasteiger partial charge on any atom is 0.387 e. The molecule has 158 valence electrons. The summed E-state index contributed by atoms with van der Waals surface area (Å²) in [6, 6.07) is 11.5. The molecule has 1 fully saturated rings. The SMILES string of the molecule is Cc1nn(-c2cccc(OC(F)F)c2)c2ccc(C(=O)NC3(C)CCS(=O)C3)cc12. The van der Waals surface area contributed by atoms with Gasteiger partial charge in [-0.25, -0.2) is 4.68 Å². The Labute approximate surface area is 174 Å². The summed E-state index contributed by atoms with van der Waals surface area (Å²) in [5, 5.41) is 8.29. The lowest BCUT2D eigenvalue weighted by molar-refractivity contribution is -0.0498. The van der Waals surface area contributed by atoms with Crippen LogP contribution < -0.4 is 10.1 Å². The lowest BCUT2D eigenvalue weighted by Gasteiger charge is -2.24. The predicted molar refractivity (Wildman–Crippen MR) is 111 cm³/mol. The van der Waals surface area contributed by atoms with E-state index in [-0.39, 0.29) is 11.7 Å². The summed E-state index contributed by atoms with van der Waals surface area (Å²) in [6.45, 7) is 0.824. The van der Waals surface area contributed by atoms with Crippen molar-refractivity contribution in [3.63, 3.8) is 0 Å². The smallest absolute Gasteiger partial charge is 0.387 e. The molecule has 1 aliphatic rings. The molecule has 4 rings (SSSR count). The first-order chi connectivity index (χ1) is 14.2. The summed E-state index contributed by atoms with van der Waals surface area (Å²) in [5.41, 5.74) is 2.03. The van der Waals surface area contributed by atoms with Crippen LogP contribution >= 0.6 is 0 Å². The number of amides is 1. The summed E-state index contributed by atoms with van der Waals surface area (Å²) >= 11 is 0. The lowest BCUT2D eigenvalue weighted by atomic mass is 10.0. The van der Waals surface area contributed by atoms with Crippen molar-refractivity contribution in [2.75, 3.05) is 11.5 Å². The number of halogens is 2. The number of hydrogen-bond donors (Lipinski definition) is 1. The van der Waals surface area contributed by atoms with E-state index in [9.17, 15) is 17.8 Å². The maximum absolute atomic E-state index is 12.8. The zero-order valence-corrected chi connectivity index (χ0v) is 17.3. The molecule has 2 unspecified atom stereocenters. The van der Waals surface area contributed by atoms with E-state index >= 15 is 0 Å². The predicted octanol–water partition coefficient (Wildman–Crippen LogP) is 3.58. The van der Waals surface area contributed by atoms with Crippen molar-refractivity contribution >= 4 is 27.6 Å². The fourth-order valence-corrected chi connectivity index (χ4v) is 5.43. The van der Waals surface area contributed by atoms with E-state index in [2.05, 4.69) is 15.2 Å². The van der Waals surface area contributed by atoms with Crippen LogP contribution in [0.25, 0.3) is 16.6 Å². The molecule has 9 heteroatoms. The van der Waals surface area contributed by atoms with Gasteiger partial charge in [-0.1, -0.05) is 6.07 Å². The maximum atomic E-state index is 12.8. The van der Waals surface area contributed by atoms with E-state index in [1.165, 1.54) is 12.1 Å². The van der Waals surface area contributed by atoms with Crippen LogP contribution in [0.5, 0.6) is 5.75 Å². The number of nitrogens with one attached hydrogen (secondary N) is 1. The van der Waals surface area contributed by atoms with Gasteiger partial charge in [0.05, 0.1) is 16.9 Å². The van der Waals surface area contributed by atoms with Gasteiger partial charge in [0.25, 0.3) is 5.91 Å². The highest BCUT2D eigenvalue weighted by Crippen LogP contribution is 2.26. The molecule has 1 aliphatic heterocycles. The third kappa shape index (κ3) is 4.07. The van der Waals surface area contributed by atoms with Gasteiger partial charge < -0.3 is 10.1 Å². The van der Waals surface area contributed by atoms with Crippen molar-refractivity contribution in [1.29, 1.82) is 0 Å². The fourth-order valence-electron chi connectivity index (χ4n) is 3.68. The van der Waals surface area contributed by atoms with Crippen molar-refractivity contribution in [3.05, 3.63) is 53.7 Å². The zero-order valence-electron chi connectivity index (χ0n) is 16.5. The number of fused-ring (bicyclic) bond motifs is 1. The van der Waals surface area contributed by atoms with Gasteiger partial charge >= 0.3 is 6.61 Å². The number of nitrogens with zero attached hydrogens (tertiary/aromatic N) is 2. The molecule has 0 saturated carbocycles. The molecule has 0 bridgehead atoms. The third-order valence-corrected chi connectivity index (χ3v) is 6.81. The van der Waals surface area contributed by atoms with E-state index in [0.29, 0.717) is 34.9 Å². The average molecular weight is 433 g/mol. The minimum atomic E-state index is -2.91. The van der Waals surface area contributed by atoms with E-state index in [1.54, 1.807) is 35.0 Å². The number of aryl methyl sites for hydroxylation is 1. The summed E-state index contributed by atoms with van der Waals surface area (Å²) in [5.74, 6) is 0.866. The van der Waals surface area contributed by atoms with E-state index in [4.69, 9.17) is 0 Å². The number of rotatable bonds is 5. The van der Waals surface area contributed by atoms with Crippen molar-refractivity contribution in [2.24, 2.45) is 0 Å². The molecular weight excluding hydrogens is 412 g/mol. The summed E-state index contributed by atoms with van der Waals surface area (Å²) in [6.07, 6.45) is 0.682. The number of ether oxygens (including phenoxy) is 1. The van der Waals surface area contributed by atoms with Gasteiger partial charge in [-0.3, -0.25) is 9.00 Å². The zero-order chi connectivity index (χ0) is 21.5. The first-order valence-corrected chi connectivity index (χ1v) is 10.9. The van der Waals surface area contributed by atoms with Crippen LogP contribution in [0.2, 0.25) is 0 Å². The Morgan fingerprint density at radius 3 is 2.80 bits per heavy atom. The lowest BCUT2D eigenvalue weighted by Crippen LogP contribution is -2.46. The first-order valence-electron chi connectivity index (χ1n) is 9.46. The number of alkyl halides is 2. The second-order valence-electron chi connectivity index (χ2n) is 7.66. The van der Waals surface area contributed by atoms with Gasteiger partial charge in [-0.05, 0) is 50.6 Å². The first kappa shape index (κ1) is 20.5. The van der Waals surface area contributed by atoms with Crippen LogP contribution in [0.1, 0.15) is 29.4 Å². The van der Waals surface area contributed by atoms with Gasteiger partial charge in [-0.15, -0.1) is 0 Å². The highest BCUT2D eigenvalue weighted by Gasteiger charge is 2.34. The second-order valence-corrected chi connectivity index (χ2v) is 9.23. The Morgan fingerprint density at radius 2 is 2.10 bits per heavy atom. The molecule has 3 aromatic rings. The molecule has 1 saturated heterocycles. The monoisotopic (exact) mass is 433 g/mol. The number of aromatic nitrogens is 2. The number of carbonyl (C=O) groups is 1. The molecule has 2 heterocycles. The van der Waals surface area contributed by atoms with Crippen LogP contribution in [0.3, 0.4) is 0 Å². The minimum absolute atomic E-state index is 0.0435. The third-order valence-electron chi connectivity index (χ3n) is 5.19. The van der Waals surface area contributed by atoms with Crippen LogP contribution in [-0.4, -0.2) is 43.6 Å². The summed E-state index contributed by atoms with van der Waals surface area (Å²) < 4.78 is 42.9. The molecule has 0 spiro atoms. The fraction of sp³-hybridized carbons (Fsp3) is 0.333. The van der Waals surface area contributed by atoms with Crippen LogP contribution in [-0.2, 0) is 10.8 Å². The molecule has 0 radical (unpaired) electrons. The topological polar surface area (TPSA) is 73.2 Å². The summed E-state index contributed by atoms with van der Waals surface area (Å²) in [4.78, 5) is 12.8. The van der Waals surface area contributed by atoms with E-state index < -0.39 is 22.9 Å². The normalized spacial score (nSPS) is 21.3. The van der Waals surface area contributed by atoms with Crippen LogP contribution in [0.4, 0.5) is 8.78 Å². The summed E-state index contributed by atoms with van der Waals surface area (Å²) in [7, 11) is -0.900. The molecule has 2 atom stereocenters. The van der Waals surface area contributed by atoms with Gasteiger partial charge in [0.1, 0.15) is 5.75 Å². The Hall–Kier alpha value is -2.81. The van der Waals surface area contributed by atoms with Crippen LogP contribution in [0, 0.1) is 6.92 Å². The second kappa shape index (κ2) is 7.79. The van der Waals surface area contributed by atoms with E-state index in [0.717, 1.165) is 10.9 Å². The highest BCUT2D eigenvalue weighted by molar-refractivity contribution is 7.85. The Kier molecular flexibility index (Phi) is 5.31. The quantitative estimate of drug-likeness (QED) is 0.668. The standard InChI is InChI=1S/C21H21F2N3O3S/c1-13-17-10-14(19(27)24-21(2)8-9-30(28)12-21)6-7-18(17)26(25-13)15-4-3-5-16(11-15)29-20(22)23/h3-7,10-11,20H,8-9,12H2,1-2H3,(H,24,27). The average Bonchev–Trinajstić information content (AvgIpc) is 3.20. The Balaban J connectivity index is 1.65. The van der Waals surface area contributed by atoms with Crippen molar-refractivity contribution < 1.29 is 22.5 Å². The van der Waals surface area contributed by atoms with Crippen molar-refractivity contribution in [2.45, 2.75) is 32.4 Å². The molecule has 2 aromatic carbocycles. The molecule has 1 N–H and O–H groups in total. The molecule has 1 aromatic heterocycles. The van der Waals surface area contributed by atoms with Gasteiger partial charge in [0.15, 0.2) is 0 Å². The molecule has 1 amide bonds. The van der Waals surface area contributed by atoms with Gasteiger partial charge in [-0.2, -0.15) is 13.9 Å². The van der Waals surface area contributed by atoms with Crippen molar-refractivity contribution in [1.82, 2.24) is 15.1 Å².